The fraction of sp³-hybridized carbons (Fsp3) is 0.652. The zero-order valence-corrected chi connectivity index (χ0v) is 15.6. The number of halogens is 2. The van der Waals surface area contributed by atoms with Gasteiger partial charge in [-0.05, 0) is 67.6 Å². The smallest absolute Gasteiger partial charge is 0.133 e. The summed E-state index contributed by atoms with van der Waals surface area (Å²) in [5.41, 5.74) is 1.67. The summed E-state index contributed by atoms with van der Waals surface area (Å²) in [4.78, 5) is 0. The fourth-order valence-corrected chi connectivity index (χ4v) is 4.91. The predicted molar refractivity (Wildman–Crippen MR) is 101 cm³/mol. The monoisotopic (exact) mass is 346 g/mol. The summed E-state index contributed by atoms with van der Waals surface area (Å²) in [7, 11) is 0. The van der Waals surface area contributed by atoms with Crippen molar-refractivity contribution in [1.82, 2.24) is 0 Å². The van der Waals surface area contributed by atoms with E-state index < -0.39 is 11.6 Å². The second-order valence-corrected chi connectivity index (χ2v) is 8.16. The summed E-state index contributed by atoms with van der Waals surface area (Å²) in [5.74, 6) is 1.68. The predicted octanol–water partition coefficient (Wildman–Crippen LogP) is 7.54. The first kappa shape index (κ1) is 18.6. The average Bonchev–Trinajstić information content (AvgIpc) is 2.63. The molecule has 0 aliphatic heterocycles. The van der Waals surface area contributed by atoms with Crippen LogP contribution < -0.4 is 0 Å². The van der Waals surface area contributed by atoms with Crippen molar-refractivity contribution < 1.29 is 8.78 Å². The zero-order chi connectivity index (χ0) is 17.6. The van der Waals surface area contributed by atoms with Crippen LogP contribution in [-0.4, -0.2) is 0 Å². The Balaban J connectivity index is 1.50. The molecule has 2 heteroatoms. The van der Waals surface area contributed by atoms with Gasteiger partial charge in [0, 0.05) is 11.6 Å². The third-order valence-electron chi connectivity index (χ3n) is 6.50. The van der Waals surface area contributed by atoms with E-state index in [-0.39, 0.29) is 0 Å². The third kappa shape index (κ3) is 4.92. The SMILES string of the molecule is CCCCCC1CCC(C2CC=C(c3ccc(F)cc3F)CC2)CC1. The molecule has 2 aliphatic carbocycles. The van der Waals surface area contributed by atoms with E-state index in [1.165, 1.54) is 57.4 Å². The Kier molecular flexibility index (Phi) is 6.67. The first-order valence-electron chi connectivity index (χ1n) is 10.3. The van der Waals surface area contributed by atoms with E-state index in [9.17, 15) is 8.78 Å². The number of benzene rings is 1. The van der Waals surface area contributed by atoms with Crippen LogP contribution in [0.25, 0.3) is 5.57 Å². The van der Waals surface area contributed by atoms with Crippen LogP contribution in [0.1, 0.15) is 83.1 Å². The molecular weight excluding hydrogens is 314 g/mol. The quantitative estimate of drug-likeness (QED) is 0.467. The van der Waals surface area contributed by atoms with Crippen molar-refractivity contribution in [2.45, 2.75) is 77.6 Å². The molecule has 138 valence electrons. The van der Waals surface area contributed by atoms with Crippen LogP contribution in [0.4, 0.5) is 8.78 Å². The lowest BCUT2D eigenvalue weighted by atomic mass is 9.70. The van der Waals surface area contributed by atoms with Crippen LogP contribution in [0.3, 0.4) is 0 Å². The minimum Gasteiger partial charge on any atom is -0.207 e. The van der Waals surface area contributed by atoms with Gasteiger partial charge in [-0.15, -0.1) is 0 Å². The van der Waals surface area contributed by atoms with E-state index in [4.69, 9.17) is 0 Å². The molecule has 1 saturated carbocycles. The molecule has 1 fully saturated rings. The van der Waals surface area contributed by atoms with E-state index in [1.807, 2.05) is 0 Å². The fourth-order valence-electron chi connectivity index (χ4n) is 4.91. The first-order chi connectivity index (χ1) is 12.2. The maximum atomic E-state index is 14.0. The van der Waals surface area contributed by atoms with Crippen LogP contribution in [-0.2, 0) is 0 Å². The standard InChI is InChI=1S/C23H32F2/c1-2-3-4-5-17-6-8-18(9-7-17)19-10-12-20(13-11-19)22-15-14-21(24)16-23(22)25/h12,14-19H,2-11,13H2,1H3. The van der Waals surface area contributed by atoms with Crippen molar-refractivity contribution >= 4 is 5.57 Å². The van der Waals surface area contributed by atoms with E-state index in [2.05, 4.69) is 13.0 Å². The highest BCUT2D eigenvalue weighted by atomic mass is 19.1. The van der Waals surface area contributed by atoms with Crippen molar-refractivity contribution in [3.05, 3.63) is 41.5 Å². The molecule has 0 heterocycles. The van der Waals surface area contributed by atoms with Crippen molar-refractivity contribution in [3.8, 4) is 0 Å². The normalized spacial score (nSPS) is 27.2. The number of allylic oxidation sites excluding steroid dienone is 2. The maximum Gasteiger partial charge on any atom is 0.133 e. The highest BCUT2D eigenvalue weighted by Crippen LogP contribution is 2.42. The molecule has 0 bridgehead atoms. The molecule has 0 amide bonds. The first-order valence-corrected chi connectivity index (χ1v) is 10.3. The Morgan fingerprint density at radius 2 is 1.76 bits per heavy atom. The number of unbranched alkanes of at least 4 members (excludes halogenated alkanes) is 2. The molecule has 3 rings (SSSR count). The third-order valence-corrected chi connectivity index (χ3v) is 6.50. The molecule has 25 heavy (non-hydrogen) atoms. The van der Waals surface area contributed by atoms with Crippen molar-refractivity contribution in [3.63, 3.8) is 0 Å². The molecule has 1 atom stereocenters. The van der Waals surface area contributed by atoms with Gasteiger partial charge in [0.25, 0.3) is 0 Å². The lowest BCUT2D eigenvalue weighted by Gasteiger charge is -2.35. The topological polar surface area (TPSA) is 0 Å². The van der Waals surface area contributed by atoms with Gasteiger partial charge in [-0.2, -0.15) is 0 Å². The van der Waals surface area contributed by atoms with Gasteiger partial charge in [0.2, 0.25) is 0 Å². The zero-order valence-electron chi connectivity index (χ0n) is 15.6. The largest absolute Gasteiger partial charge is 0.207 e. The Morgan fingerprint density at radius 1 is 0.960 bits per heavy atom. The highest BCUT2D eigenvalue weighted by molar-refractivity contribution is 5.66. The second kappa shape index (κ2) is 8.96. The van der Waals surface area contributed by atoms with Crippen LogP contribution in [0, 0.1) is 29.4 Å². The molecular formula is C23H32F2. The van der Waals surface area contributed by atoms with Gasteiger partial charge in [0.15, 0.2) is 0 Å². The van der Waals surface area contributed by atoms with Gasteiger partial charge in [-0.1, -0.05) is 51.5 Å². The van der Waals surface area contributed by atoms with Gasteiger partial charge in [0.1, 0.15) is 11.6 Å². The minimum atomic E-state index is -0.494. The Bertz CT molecular complexity index is 582. The van der Waals surface area contributed by atoms with Gasteiger partial charge in [-0.25, -0.2) is 8.78 Å². The summed E-state index contributed by atoms with van der Waals surface area (Å²) < 4.78 is 27.1. The van der Waals surface area contributed by atoms with Crippen LogP contribution in [0.2, 0.25) is 0 Å². The van der Waals surface area contributed by atoms with Gasteiger partial charge >= 0.3 is 0 Å². The molecule has 0 nitrogen and oxygen atoms in total. The molecule has 0 saturated heterocycles. The van der Waals surface area contributed by atoms with E-state index >= 15 is 0 Å². The lowest BCUT2D eigenvalue weighted by Crippen LogP contribution is -2.23. The maximum absolute atomic E-state index is 14.0. The molecule has 1 aromatic carbocycles. The second-order valence-electron chi connectivity index (χ2n) is 8.16. The molecule has 0 spiro atoms. The van der Waals surface area contributed by atoms with E-state index in [0.717, 1.165) is 48.7 Å². The lowest BCUT2D eigenvalue weighted by molar-refractivity contribution is 0.187. The Labute approximate surface area is 151 Å². The summed E-state index contributed by atoms with van der Waals surface area (Å²) >= 11 is 0. The van der Waals surface area contributed by atoms with Gasteiger partial charge in [0.05, 0.1) is 0 Å². The number of rotatable bonds is 6. The minimum absolute atomic E-state index is 0.419. The van der Waals surface area contributed by atoms with Crippen LogP contribution in [0.15, 0.2) is 24.3 Å². The average molecular weight is 347 g/mol. The molecule has 1 aromatic rings. The van der Waals surface area contributed by atoms with Gasteiger partial charge in [-0.3, -0.25) is 0 Å². The van der Waals surface area contributed by atoms with Crippen LogP contribution in [0.5, 0.6) is 0 Å². The summed E-state index contributed by atoms with van der Waals surface area (Å²) in [6.45, 7) is 2.28. The van der Waals surface area contributed by atoms with Crippen molar-refractivity contribution in [2.24, 2.45) is 17.8 Å². The number of hydrogen-bond acceptors (Lipinski definition) is 0. The van der Waals surface area contributed by atoms with Gasteiger partial charge < -0.3 is 0 Å². The van der Waals surface area contributed by atoms with Crippen LogP contribution >= 0.6 is 0 Å². The summed E-state index contributed by atoms with van der Waals surface area (Å²) in [6, 6.07) is 3.96. The highest BCUT2D eigenvalue weighted by Gasteiger charge is 2.29. The molecule has 0 aromatic heterocycles. The van der Waals surface area contributed by atoms with Crippen molar-refractivity contribution in [2.75, 3.05) is 0 Å². The Hall–Kier alpha value is -1.18. The van der Waals surface area contributed by atoms with E-state index in [1.54, 1.807) is 6.07 Å². The Morgan fingerprint density at radius 3 is 2.40 bits per heavy atom. The number of hydrogen-bond donors (Lipinski definition) is 0. The summed E-state index contributed by atoms with van der Waals surface area (Å²) in [6.07, 6.45) is 16.5. The summed E-state index contributed by atoms with van der Waals surface area (Å²) in [5, 5.41) is 0. The van der Waals surface area contributed by atoms with Crippen molar-refractivity contribution in [1.29, 1.82) is 0 Å². The van der Waals surface area contributed by atoms with E-state index in [0.29, 0.717) is 5.56 Å². The molecule has 2 aliphatic rings. The molecule has 1 unspecified atom stereocenters. The molecule has 0 radical (unpaired) electrons. The molecule has 0 N–H and O–H groups in total.